The molecule has 1 saturated heterocycles. The zero-order valence-electron chi connectivity index (χ0n) is 8.50. The van der Waals surface area contributed by atoms with Gasteiger partial charge in [0, 0.05) is 6.04 Å². The van der Waals surface area contributed by atoms with E-state index in [2.05, 4.69) is 15.4 Å². The van der Waals surface area contributed by atoms with Gasteiger partial charge in [-0.05, 0) is 19.9 Å². The smallest absolute Gasteiger partial charge is 0.307 e. The molecule has 5 heteroatoms. The number of nitrogens with one attached hydrogen (secondary N) is 2. The first-order chi connectivity index (χ1) is 6.63. The first-order valence-electron chi connectivity index (χ1n) is 4.74. The lowest BCUT2D eigenvalue weighted by Crippen LogP contribution is -2.54. The highest BCUT2D eigenvalue weighted by molar-refractivity contribution is 5.83. The number of esters is 1. The van der Waals surface area contributed by atoms with Crippen molar-refractivity contribution in [3.8, 4) is 0 Å². The molecule has 1 fully saturated rings. The van der Waals surface area contributed by atoms with E-state index >= 15 is 0 Å². The first-order valence-corrected chi connectivity index (χ1v) is 4.74. The topological polar surface area (TPSA) is 67.4 Å². The highest BCUT2D eigenvalue weighted by Gasteiger charge is 2.25. The van der Waals surface area contributed by atoms with E-state index in [1.165, 1.54) is 7.11 Å². The lowest BCUT2D eigenvalue weighted by Gasteiger charge is -2.27. The predicted octanol–water partition coefficient (Wildman–Crippen LogP) is -0.584. The zero-order valence-corrected chi connectivity index (χ0v) is 8.50. The molecule has 1 heterocycles. The van der Waals surface area contributed by atoms with E-state index in [1.54, 1.807) is 6.92 Å². The Morgan fingerprint density at radius 2 is 2.29 bits per heavy atom. The average molecular weight is 200 g/mol. The molecule has 0 saturated carbocycles. The van der Waals surface area contributed by atoms with E-state index in [0.717, 1.165) is 13.0 Å². The van der Waals surface area contributed by atoms with Crippen LogP contribution in [0.25, 0.3) is 0 Å². The summed E-state index contributed by atoms with van der Waals surface area (Å²) in [5, 5.41) is 5.73. The van der Waals surface area contributed by atoms with Crippen molar-refractivity contribution in [1.29, 1.82) is 0 Å². The third kappa shape index (κ3) is 2.99. The molecule has 0 spiro atoms. The van der Waals surface area contributed by atoms with Crippen molar-refractivity contribution in [3.05, 3.63) is 0 Å². The Balaban J connectivity index is 2.21. The molecule has 2 atom stereocenters. The van der Waals surface area contributed by atoms with Gasteiger partial charge in [0.05, 0.1) is 19.6 Å². The molecule has 0 radical (unpaired) electrons. The Labute approximate surface area is 83.2 Å². The number of carbonyl (C=O) groups is 2. The van der Waals surface area contributed by atoms with Crippen LogP contribution in [0.3, 0.4) is 0 Å². The Hall–Kier alpha value is -1.10. The Morgan fingerprint density at radius 3 is 2.71 bits per heavy atom. The Bertz CT molecular complexity index is 226. The summed E-state index contributed by atoms with van der Waals surface area (Å²) in [5.74, 6) is -0.341. The number of methoxy groups -OCH3 is 1. The van der Waals surface area contributed by atoms with E-state index in [1.807, 2.05) is 0 Å². The van der Waals surface area contributed by atoms with E-state index in [-0.39, 0.29) is 30.4 Å². The number of amides is 1. The third-order valence-electron chi connectivity index (χ3n) is 2.23. The molecule has 0 aromatic rings. The van der Waals surface area contributed by atoms with Crippen molar-refractivity contribution in [2.75, 3.05) is 13.7 Å². The highest BCUT2D eigenvalue weighted by atomic mass is 16.5. The number of ether oxygens (including phenoxy) is 1. The van der Waals surface area contributed by atoms with Crippen LogP contribution in [0.2, 0.25) is 0 Å². The summed E-state index contributed by atoms with van der Waals surface area (Å²) in [5.41, 5.74) is 0. The van der Waals surface area contributed by atoms with Crippen LogP contribution in [-0.4, -0.2) is 37.6 Å². The van der Waals surface area contributed by atoms with Crippen molar-refractivity contribution in [1.82, 2.24) is 10.6 Å². The number of rotatable bonds is 4. The van der Waals surface area contributed by atoms with Gasteiger partial charge in [-0.15, -0.1) is 0 Å². The number of hydrogen-bond donors (Lipinski definition) is 2. The van der Waals surface area contributed by atoms with Crippen LogP contribution in [0.5, 0.6) is 0 Å². The van der Waals surface area contributed by atoms with E-state index in [4.69, 9.17) is 0 Å². The minimum Gasteiger partial charge on any atom is -0.469 e. The zero-order chi connectivity index (χ0) is 10.6. The monoisotopic (exact) mass is 200 g/mol. The lowest BCUT2D eigenvalue weighted by molar-refractivity contribution is -0.141. The second-order valence-corrected chi connectivity index (χ2v) is 3.49. The van der Waals surface area contributed by atoms with Crippen LogP contribution in [-0.2, 0) is 14.3 Å². The van der Waals surface area contributed by atoms with Gasteiger partial charge in [-0.25, -0.2) is 0 Å². The molecule has 14 heavy (non-hydrogen) atoms. The minimum absolute atomic E-state index is 0.0346. The number of hydrogen-bond acceptors (Lipinski definition) is 4. The van der Waals surface area contributed by atoms with Gasteiger partial charge < -0.3 is 15.4 Å². The molecule has 1 amide bonds. The first kappa shape index (κ1) is 11.0. The molecule has 1 aliphatic rings. The second-order valence-electron chi connectivity index (χ2n) is 3.49. The fourth-order valence-electron chi connectivity index (χ4n) is 1.24. The molecular weight excluding hydrogens is 184 g/mol. The Kier molecular flexibility index (Phi) is 3.88. The highest BCUT2D eigenvalue weighted by Crippen LogP contribution is 2.02. The molecule has 0 aliphatic carbocycles. The second kappa shape index (κ2) is 4.95. The van der Waals surface area contributed by atoms with Gasteiger partial charge in [0.25, 0.3) is 0 Å². The van der Waals surface area contributed by atoms with Crippen LogP contribution in [0.15, 0.2) is 0 Å². The maximum absolute atomic E-state index is 11.4. The van der Waals surface area contributed by atoms with Crippen LogP contribution in [0, 0.1) is 0 Å². The van der Waals surface area contributed by atoms with Gasteiger partial charge in [-0.1, -0.05) is 0 Å². The third-order valence-corrected chi connectivity index (χ3v) is 2.23. The summed E-state index contributed by atoms with van der Waals surface area (Å²) in [6.45, 7) is 2.68. The van der Waals surface area contributed by atoms with Crippen LogP contribution in [0.4, 0.5) is 0 Å². The molecule has 2 N–H and O–H groups in total. The lowest BCUT2D eigenvalue weighted by atomic mass is 10.1. The Morgan fingerprint density at radius 1 is 1.64 bits per heavy atom. The predicted molar refractivity (Wildman–Crippen MR) is 50.6 cm³/mol. The molecular formula is C9H16N2O3. The molecule has 0 bridgehead atoms. The quantitative estimate of drug-likeness (QED) is 0.596. The summed E-state index contributed by atoms with van der Waals surface area (Å²) in [6, 6.07) is -0.243. The standard InChI is InChI=1S/C9H16N2O3/c1-6(5-8(12)14-2)11-9(13)7-3-4-10-7/h6-7,10H,3-5H2,1-2H3,(H,11,13)/t6?,7-/m1/s1. The molecule has 1 unspecified atom stereocenters. The average Bonchev–Trinajstić information content (AvgIpc) is 1.99. The molecule has 0 aromatic carbocycles. The largest absolute Gasteiger partial charge is 0.469 e. The maximum Gasteiger partial charge on any atom is 0.307 e. The van der Waals surface area contributed by atoms with Crippen LogP contribution >= 0.6 is 0 Å². The van der Waals surface area contributed by atoms with E-state index in [0.29, 0.717) is 0 Å². The molecule has 1 rings (SSSR count). The van der Waals surface area contributed by atoms with Gasteiger partial charge in [0.15, 0.2) is 0 Å². The van der Waals surface area contributed by atoms with Crippen molar-refractivity contribution in [3.63, 3.8) is 0 Å². The molecule has 0 aromatic heterocycles. The van der Waals surface area contributed by atoms with E-state index in [9.17, 15) is 9.59 Å². The van der Waals surface area contributed by atoms with Crippen LogP contribution < -0.4 is 10.6 Å². The van der Waals surface area contributed by atoms with Crippen molar-refractivity contribution >= 4 is 11.9 Å². The summed E-state index contributed by atoms with van der Waals surface area (Å²) >= 11 is 0. The molecule has 80 valence electrons. The van der Waals surface area contributed by atoms with Crippen molar-refractivity contribution in [2.24, 2.45) is 0 Å². The summed E-state index contributed by atoms with van der Waals surface area (Å²) < 4.78 is 4.50. The SMILES string of the molecule is COC(=O)CC(C)NC(=O)[C@H]1CCN1. The summed E-state index contributed by atoms with van der Waals surface area (Å²) in [7, 11) is 1.34. The normalized spacial score (nSPS) is 22.0. The fraction of sp³-hybridized carbons (Fsp3) is 0.778. The summed E-state index contributed by atoms with van der Waals surface area (Å²) in [6.07, 6.45) is 1.09. The summed E-state index contributed by atoms with van der Waals surface area (Å²) in [4.78, 5) is 22.2. The number of carbonyl (C=O) groups excluding carboxylic acids is 2. The van der Waals surface area contributed by atoms with E-state index < -0.39 is 0 Å². The van der Waals surface area contributed by atoms with Crippen LogP contribution in [0.1, 0.15) is 19.8 Å². The molecule has 5 nitrogen and oxygen atoms in total. The molecule has 1 aliphatic heterocycles. The fourth-order valence-corrected chi connectivity index (χ4v) is 1.24. The van der Waals surface area contributed by atoms with Crippen molar-refractivity contribution in [2.45, 2.75) is 31.8 Å². The van der Waals surface area contributed by atoms with Crippen molar-refractivity contribution < 1.29 is 14.3 Å². The van der Waals surface area contributed by atoms with Gasteiger partial charge in [0.2, 0.25) is 5.91 Å². The maximum atomic E-state index is 11.4. The van der Waals surface area contributed by atoms with Gasteiger partial charge >= 0.3 is 5.97 Å². The van der Waals surface area contributed by atoms with Gasteiger partial charge in [-0.3, -0.25) is 9.59 Å². The van der Waals surface area contributed by atoms with Gasteiger partial charge in [0.1, 0.15) is 0 Å². The minimum atomic E-state index is -0.306. The van der Waals surface area contributed by atoms with Gasteiger partial charge in [-0.2, -0.15) is 0 Å².